The van der Waals surface area contributed by atoms with E-state index in [1.54, 1.807) is 18.2 Å². The highest BCUT2D eigenvalue weighted by molar-refractivity contribution is 7.99. The van der Waals surface area contributed by atoms with Gasteiger partial charge in [-0.2, -0.15) is 0 Å². The molecule has 1 heterocycles. The molecule has 1 aromatic heterocycles. The molecule has 0 saturated heterocycles. The SMILES string of the molecule is C=CCNC(=O)CSc1nnc(-c2cccc(Cl)c2)n1N. The first kappa shape index (κ1) is 15.4. The maximum absolute atomic E-state index is 11.5. The number of amides is 1. The van der Waals surface area contributed by atoms with Gasteiger partial charge in [0.15, 0.2) is 5.82 Å². The summed E-state index contributed by atoms with van der Waals surface area (Å²) in [6.45, 7) is 3.96. The molecule has 0 aliphatic heterocycles. The monoisotopic (exact) mass is 323 g/mol. The number of aromatic nitrogens is 3. The number of hydrogen-bond acceptors (Lipinski definition) is 5. The molecule has 2 aromatic rings. The molecule has 2 rings (SSSR count). The van der Waals surface area contributed by atoms with Crippen LogP contribution in [0.3, 0.4) is 0 Å². The van der Waals surface area contributed by atoms with E-state index < -0.39 is 0 Å². The molecule has 0 spiro atoms. The lowest BCUT2D eigenvalue weighted by atomic mass is 10.2. The van der Waals surface area contributed by atoms with Gasteiger partial charge in [-0.15, -0.1) is 16.8 Å². The largest absolute Gasteiger partial charge is 0.352 e. The third-order valence-electron chi connectivity index (χ3n) is 2.52. The first-order valence-corrected chi connectivity index (χ1v) is 7.45. The van der Waals surface area contributed by atoms with Gasteiger partial charge in [-0.25, -0.2) is 4.68 Å². The lowest BCUT2D eigenvalue weighted by Gasteiger charge is -2.04. The summed E-state index contributed by atoms with van der Waals surface area (Å²) >= 11 is 7.15. The second-order valence-electron chi connectivity index (χ2n) is 4.07. The molecule has 0 saturated carbocycles. The molecule has 0 radical (unpaired) electrons. The first-order chi connectivity index (χ1) is 10.1. The first-order valence-electron chi connectivity index (χ1n) is 6.08. The Morgan fingerprint density at radius 1 is 1.52 bits per heavy atom. The number of hydrogen-bond donors (Lipinski definition) is 2. The van der Waals surface area contributed by atoms with Crippen LogP contribution < -0.4 is 11.2 Å². The van der Waals surface area contributed by atoms with E-state index in [4.69, 9.17) is 17.4 Å². The zero-order valence-corrected chi connectivity index (χ0v) is 12.7. The molecule has 0 aliphatic rings. The molecule has 0 unspecified atom stereocenters. The average Bonchev–Trinajstić information content (AvgIpc) is 2.84. The second-order valence-corrected chi connectivity index (χ2v) is 5.45. The van der Waals surface area contributed by atoms with Crippen LogP contribution in [0.25, 0.3) is 11.4 Å². The van der Waals surface area contributed by atoms with Crippen molar-refractivity contribution in [3.8, 4) is 11.4 Å². The highest BCUT2D eigenvalue weighted by Gasteiger charge is 2.13. The Hall–Kier alpha value is -1.99. The van der Waals surface area contributed by atoms with Crippen LogP contribution in [0, 0.1) is 0 Å². The van der Waals surface area contributed by atoms with Crippen LogP contribution >= 0.6 is 23.4 Å². The van der Waals surface area contributed by atoms with Gasteiger partial charge in [0.2, 0.25) is 11.1 Å². The van der Waals surface area contributed by atoms with Crippen molar-refractivity contribution in [2.24, 2.45) is 0 Å². The highest BCUT2D eigenvalue weighted by Crippen LogP contribution is 2.23. The molecule has 0 bridgehead atoms. The third-order valence-corrected chi connectivity index (χ3v) is 3.70. The lowest BCUT2D eigenvalue weighted by Crippen LogP contribution is -2.25. The number of carbonyl (C=O) groups is 1. The Balaban J connectivity index is 2.07. The number of nitrogens with zero attached hydrogens (tertiary/aromatic N) is 3. The Morgan fingerprint density at radius 3 is 3.05 bits per heavy atom. The number of thioether (sulfide) groups is 1. The van der Waals surface area contributed by atoms with E-state index in [0.717, 1.165) is 5.56 Å². The number of halogens is 1. The zero-order valence-electron chi connectivity index (χ0n) is 11.1. The third kappa shape index (κ3) is 3.99. The Bertz CT molecular complexity index is 658. The van der Waals surface area contributed by atoms with Crippen molar-refractivity contribution < 1.29 is 4.79 Å². The fraction of sp³-hybridized carbons (Fsp3) is 0.154. The molecule has 8 heteroatoms. The molecule has 21 heavy (non-hydrogen) atoms. The summed E-state index contributed by atoms with van der Waals surface area (Å²) in [4.78, 5) is 11.5. The number of carbonyl (C=O) groups excluding carboxylic acids is 1. The number of nitrogens with one attached hydrogen (secondary N) is 1. The normalized spacial score (nSPS) is 10.3. The van der Waals surface area contributed by atoms with Crippen molar-refractivity contribution in [2.75, 3.05) is 18.1 Å². The van der Waals surface area contributed by atoms with Gasteiger partial charge >= 0.3 is 0 Å². The number of benzene rings is 1. The van der Waals surface area contributed by atoms with Crippen LogP contribution in [0.4, 0.5) is 0 Å². The Kier molecular flexibility index (Phi) is 5.24. The van der Waals surface area contributed by atoms with E-state index in [0.29, 0.717) is 22.5 Å². The molecule has 0 aliphatic carbocycles. The minimum absolute atomic E-state index is 0.118. The standard InChI is InChI=1S/C13H14ClN5OS/c1-2-6-16-11(20)8-21-13-18-17-12(19(13)15)9-4-3-5-10(14)7-9/h2-5,7H,1,6,8,15H2,(H,16,20). The van der Waals surface area contributed by atoms with E-state index in [-0.39, 0.29) is 11.7 Å². The van der Waals surface area contributed by atoms with Gasteiger partial charge < -0.3 is 11.2 Å². The van der Waals surface area contributed by atoms with E-state index in [2.05, 4.69) is 22.1 Å². The average molecular weight is 324 g/mol. The van der Waals surface area contributed by atoms with E-state index >= 15 is 0 Å². The number of nitrogen functional groups attached to an aromatic ring is 1. The predicted octanol–water partition coefficient (Wildman–Crippen LogP) is 1.71. The summed E-state index contributed by atoms with van der Waals surface area (Å²) in [5, 5.41) is 11.7. The van der Waals surface area contributed by atoms with Crippen molar-refractivity contribution >= 4 is 29.3 Å². The second kappa shape index (κ2) is 7.14. The van der Waals surface area contributed by atoms with Crippen molar-refractivity contribution in [1.82, 2.24) is 20.2 Å². The van der Waals surface area contributed by atoms with Crippen molar-refractivity contribution in [2.45, 2.75) is 5.16 Å². The van der Waals surface area contributed by atoms with Crippen LogP contribution in [-0.4, -0.2) is 33.1 Å². The van der Waals surface area contributed by atoms with Crippen LogP contribution in [0.5, 0.6) is 0 Å². The summed E-state index contributed by atoms with van der Waals surface area (Å²) in [7, 11) is 0. The number of nitrogens with two attached hydrogens (primary N) is 1. The maximum Gasteiger partial charge on any atom is 0.230 e. The summed E-state index contributed by atoms with van der Waals surface area (Å²) in [5.74, 6) is 6.53. The molecule has 0 fully saturated rings. The molecular formula is C13H14ClN5OS. The quantitative estimate of drug-likeness (QED) is 0.480. The minimum atomic E-state index is -0.118. The van der Waals surface area contributed by atoms with Gasteiger partial charge in [0.1, 0.15) is 0 Å². The number of rotatable bonds is 6. The molecule has 110 valence electrons. The molecule has 3 N–H and O–H groups in total. The zero-order chi connectivity index (χ0) is 15.2. The van der Waals surface area contributed by atoms with E-state index in [1.807, 2.05) is 12.1 Å². The molecule has 0 atom stereocenters. The lowest BCUT2D eigenvalue weighted by molar-refractivity contribution is -0.118. The molecule has 1 amide bonds. The van der Waals surface area contributed by atoms with Gasteiger partial charge in [-0.05, 0) is 12.1 Å². The smallest absolute Gasteiger partial charge is 0.230 e. The Labute approximate surface area is 131 Å². The minimum Gasteiger partial charge on any atom is -0.352 e. The molecule has 6 nitrogen and oxygen atoms in total. The van der Waals surface area contributed by atoms with Gasteiger partial charge in [-0.1, -0.05) is 41.6 Å². The maximum atomic E-state index is 11.5. The summed E-state index contributed by atoms with van der Waals surface area (Å²) in [5.41, 5.74) is 0.764. The van der Waals surface area contributed by atoms with Crippen molar-refractivity contribution in [1.29, 1.82) is 0 Å². The van der Waals surface area contributed by atoms with E-state index in [1.165, 1.54) is 16.4 Å². The topological polar surface area (TPSA) is 85.8 Å². The van der Waals surface area contributed by atoms with Crippen LogP contribution in [0.1, 0.15) is 0 Å². The van der Waals surface area contributed by atoms with Gasteiger partial charge in [0.25, 0.3) is 0 Å². The van der Waals surface area contributed by atoms with E-state index in [9.17, 15) is 4.79 Å². The predicted molar refractivity (Wildman–Crippen MR) is 84.5 cm³/mol. The van der Waals surface area contributed by atoms with Gasteiger partial charge in [0.05, 0.1) is 5.75 Å². The summed E-state index contributed by atoms with van der Waals surface area (Å²) < 4.78 is 1.34. The van der Waals surface area contributed by atoms with Crippen molar-refractivity contribution in [3.63, 3.8) is 0 Å². The molecule has 1 aromatic carbocycles. The van der Waals surface area contributed by atoms with Crippen LogP contribution in [0.15, 0.2) is 42.1 Å². The van der Waals surface area contributed by atoms with Crippen molar-refractivity contribution in [3.05, 3.63) is 41.9 Å². The summed E-state index contributed by atoms with van der Waals surface area (Å²) in [6, 6.07) is 7.16. The highest BCUT2D eigenvalue weighted by atomic mass is 35.5. The van der Waals surface area contributed by atoms with Crippen LogP contribution in [-0.2, 0) is 4.79 Å². The fourth-order valence-electron chi connectivity index (χ4n) is 1.57. The molecular weight excluding hydrogens is 310 g/mol. The van der Waals surface area contributed by atoms with Gasteiger partial charge in [-0.3, -0.25) is 4.79 Å². The van der Waals surface area contributed by atoms with Gasteiger partial charge in [0, 0.05) is 17.1 Å². The van der Waals surface area contributed by atoms with Crippen LogP contribution in [0.2, 0.25) is 5.02 Å². The Morgan fingerprint density at radius 2 is 2.33 bits per heavy atom. The fourth-order valence-corrected chi connectivity index (χ4v) is 2.44. The summed E-state index contributed by atoms with van der Waals surface area (Å²) in [6.07, 6.45) is 1.62.